The molecule has 1 rings (SSSR count). The molecule has 0 aromatic carbocycles. The Morgan fingerprint density at radius 2 is 2.24 bits per heavy atom. The first-order chi connectivity index (χ1) is 7.78. The molecule has 0 atom stereocenters. The van der Waals surface area contributed by atoms with Crippen LogP contribution in [0.5, 0.6) is 0 Å². The second-order valence-electron chi connectivity index (χ2n) is 3.77. The third-order valence-electron chi connectivity index (χ3n) is 2.09. The van der Waals surface area contributed by atoms with E-state index in [2.05, 4.69) is 22.5 Å². The van der Waals surface area contributed by atoms with Crippen LogP contribution in [0.25, 0.3) is 0 Å². The maximum absolute atomic E-state index is 12.2. The smallest absolute Gasteiger partial charge is 0.245 e. The Kier molecular flexibility index (Phi) is 4.91. The number of hydrogen-bond donors (Lipinski definition) is 1. The standard InChI is InChI=1S/C10H15BrN2O2S2/c1-7(2)6-13(3)17(14,15)9-4-8(5-12)16-10(9)11/h4H,1,5-6,12H2,2-3H3. The van der Waals surface area contributed by atoms with E-state index in [9.17, 15) is 8.42 Å². The molecular formula is C10H15BrN2O2S2. The molecule has 1 aromatic heterocycles. The molecule has 17 heavy (non-hydrogen) atoms. The molecule has 0 fully saturated rings. The fourth-order valence-electron chi connectivity index (χ4n) is 1.31. The fraction of sp³-hybridized carbons (Fsp3) is 0.400. The van der Waals surface area contributed by atoms with Gasteiger partial charge in [-0.25, -0.2) is 8.42 Å². The molecule has 0 saturated heterocycles. The maximum atomic E-state index is 12.2. The molecule has 96 valence electrons. The summed E-state index contributed by atoms with van der Waals surface area (Å²) < 4.78 is 26.3. The Morgan fingerprint density at radius 3 is 2.65 bits per heavy atom. The van der Waals surface area contributed by atoms with Crippen LogP contribution in [-0.4, -0.2) is 26.3 Å². The van der Waals surface area contributed by atoms with Crippen LogP contribution < -0.4 is 5.73 Å². The molecule has 0 saturated carbocycles. The van der Waals surface area contributed by atoms with E-state index < -0.39 is 10.0 Å². The summed E-state index contributed by atoms with van der Waals surface area (Å²) in [5.74, 6) is 0. The highest BCUT2D eigenvalue weighted by Crippen LogP contribution is 2.33. The molecule has 0 bridgehead atoms. The Morgan fingerprint density at radius 1 is 1.65 bits per heavy atom. The maximum Gasteiger partial charge on any atom is 0.245 e. The van der Waals surface area contributed by atoms with Gasteiger partial charge in [-0.05, 0) is 28.9 Å². The van der Waals surface area contributed by atoms with Crippen LogP contribution in [0.4, 0.5) is 0 Å². The summed E-state index contributed by atoms with van der Waals surface area (Å²) in [4.78, 5) is 1.10. The average molecular weight is 339 g/mol. The normalized spacial score (nSPS) is 12.1. The molecule has 0 radical (unpaired) electrons. The zero-order chi connectivity index (χ0) is 13.2. The quantitative estimate of drug-likeness (QED) is 0.836. The second-order valence-corrected chi connectivity index (χ2v) is 8.24. The summed E-state index contributed by atoms with van der Waals surface area (Å²) in [7, 11) is -1.94. The van der Waals surface area contributed by atoms with Gasteiger partial charge in [0.15, 0.2) is 0 Å². The van der Waals surface area contributed by atoms with Crippen LogP contribution in [0.1, 0.15) is 11.8 Å². The highest BCUT2D eigenvalue weighted by atomic mass is 79.9. The van der Waals surface area contributed by atoms with Crippen molar-refractivity contribution in [3.05, 3.63) is 26.9 Å². The van der Waals surface area contributed by atoms with E-state index in [0.29, 0.717) is 16.9 Å². The number of likely N-dealkylation sites (N-methyl/N-ethyl adjacent to an activating group) is 1. The van der Waals surface area contributed by atoms with Gasteiger partial charge in [0.25, 0.3) is 0 Å². The van der Waals surface area contributed by atoms with Gasteiger partial charge in [0.1, 0.15) is 4.90 Å². The molecule has 0 aliphatic heterocycles. The minimum Gasteiger partial charge on any atom is -0.326 e. The first kappa shape index (κ1) is 14.8. The van der Waals surface area contributed by atoms with Crippen LogP contribution in [0.3, 0.4) is 0 Å². The van der Waals surface area contributed by atoms with E-state index in [1.807, 2.05) is 0 Å². The molecule has 0 aliphatic rings. The number of thiophene rings is 1. The van der Waals surface area contributed by atoms with Crippen molar-refractivity contribution in [2.24, 2.45) is 5.73 Å². The third kappa shape index (κ3) is 3.38. The lowest BCUT2D eigenvalue weighted by Gasteiger charge is -2.16. The van der Waals surface area contributed by atoms with Crippen LogP contribution in [0.15, 0.2) is 26.9 Å². The third-order valence-corrected chi connectivity index (χ3v) is 6.17. The van der Waals surface area contributed by atoms with E-state index in [0.717, 1.165) is 10.5 Å². The van der Waals surface area contributed by atoms with Gasteiger partial charge in [-0.1, -0.05) is 12.2 Å². The van der Waals surface area contributed by atoms with Crippen molar-refractivity contribution in [3.8, 4) is 0 Å². The van der Waals surface area contributed by atoms with Gasteiger partial charge >= 0.3 is 0 Å². The molecule has 1 heterocycles. The van der Waals surface area contributed by atoms with Crippen LogP contribution in [0, 0.1) is 0 Å². The van der Waals surface area contributed by atoms with Gasteiger partial charge in [-0.3, -0.25) is 0 Å². The number of halogens is 1. The van der Waals surface area contributed by atoms with Gasteiger partial charge in [-0.2, -0.15) is 4.31 Å². The van der Waals surface area contributed by atoms with E-state index in [-0.39, 0.29) is 4.90 Å². The number of sulfonamides is 1. The first-order valence-electron chi connectivity index (χ1n) is 4.88. The number of nitrogens with zero attached hydrogens (tertiary/aromatic N) is 1. The lowest BCUT2D eigenvalue weighted by atomic mass is 10.4. The molecule has 0 aliphatic carbocycles. The van der Waals surface area contributed by atoms with E-state index >= 15 is 0 Å². The number of rotatable bonds is 5. The lowest BCUT2D eigenvalue weighted by Crippen LogP contribution is -2.28. The van der Waals surface area contributed by atoms with Crippen LogP contribution in [-0.2, 0) is 16.6 Å². The summed E-state index contributed by atoms with van der Waals surface area (Å²) in [6.07, 6.45) is 0. The van der Waals surface area contributed by atoms with Crippen molar-refractivity contribution in [3.63, 3.8) is 0 Å². The highest BCUT2D eigenvalue weighted by Gasteiger charge is 2.25. The minimum atomic E-state index is -3.47. The highest BCUT2D eigenvalue weighted by molar-refractivity contribution is 9.11. The zero-order valence-corrected chi connectivity index (χ0v) is 13.0. The molecular weight excluding hydrogens is 324 g/mol. The van der Waals surface area contributed by atoms with E-state index in [1.54, 1.807) is 13.0 Å². The molecule has 0 unspecified atom stereocenters. The van der Waals surface area contributed by atoms with Crippen LogP contribution >= 0.6 is 27.3 Å². The van der Waals surface area contributed by atoms with Crippen molar-refractivity contribution in [2.75, 3.05) is 13.6 Å². The van der Waals surface area contributed by atoms with E-state index in [1.165, 1.54) is 22.7 Å². The predicted octanol–water partition coefficient (Wildman–Crippen LogP) is 2.17. The van der Waals surface area contributed by atoms with Crippen molar-refractivity contribution in [2.45, 2.75) is 18.4 Å². The summed E-state index contributed by atoms with van der Waals surface area (Å²) in [5.41, 5.74) is 6.29. The number of hydrogen-bond acceptors (Lipinski definition) is 4. The first-order valence-corrected chi connectivity index (χ1v) is 7.93. The second kappa shape index (κ2) is 5.62. The monoisotopic (exact) mass is 338 g/mol. The molecule has 0 spiro atoms. The molecule has 7 heteroatoms. The summed E-state index contributed by atoms with van der Waals surface area (Å²) in [6, 6.07) is 1.61. The summed E-state index contributed by atoms with van der Waals surface area (Å²) in [5, 5.41) is 0. The van der Waals surface area contributed by atoms with E-state index in [4.69, 9.17) is 5.73 Å². The summed E-state index contributed by atoms with van der Waals surface area (Å²) >= 11 is 4.60. The van der Waals surface area contributed by atoms with Crippen LogP contribution in [0.2, 0.25) is 0 Å². The predicted molar refractivity (Wildman–Crippen MR) is 74.5 cm³/mol. The Balaban J connectivity index is 3.12. The van der Waals surface area contributed by atoms with Crippen molar-refractivity contribution >= 4 is 37.3 Å². The molecule has 1 aromatic rings. The Bertz CT molecular complexity index is 522. The fourth-order valence-corrected chi connectivity index (χ4v) is 5.04. The van der Waals surface area contributed by atoms with Gasteiger partial charge in [-0.15, -0.1) is 11.3 Å². The van der Waals surface area contributed by atoms with Crippen molar-refractivity contribution in [1.29, 1.82) is 0 Å². The van der Waals surface area contributed by atoms with Gasteiger partial charge in [0.2, 0.25) is 10.0 Å². The number of nitrogens with two attached hydrogens (primary N) is 1. The van der Waals surface area contributed by atoms with Gasteiger partial charge in [0.05, 0.1) is 3.79 Å². The zero-order valence-electron chi connectivity index (χ0n) is 9.73. The molecule has 0 amide bonds. The van der Waals surface area contributed by atoms with Crippen molar-refractivity contribution in [1.82, 2.24) is 4.31 Å². The minimum absolute atomic E-state index is 0.270. The Labute approximate surface area is 114 Å². The van der Waals surface area contributed by atoms with Gasteiger partial charge in [0, 0.05) is 25.0 Å². The van der Waals surface area contributed by atoms with Gasteiger partial charge < -0.3 is 5.73 Å². The largest absolute Gasteiger partial charge is 0.326 e. The molecule has 4 nitrogen and oxygen atoms in total. The Hall–Kier alpha value is -0.210. The lowest BCUT2D eigenvalue weighted by molar-refractivity contribution is 0.493. The molecule has 2 N–H and O–H groups in total. The SMILES string of the molecule is C=C(C)CN(C)S(=O)(=O)c1cc(CN)sc1Br. The average Bonchev–Trinajstić information content (AvgIpc) is 2.59. The van der Waals surface area contributed by atoms with Crippen molar-refractivity contribution < 1.29 is 8.42 Å². The summed E-state index contributed by atoms with van der Waals surface area (Å²) in [6.45, 7) is 6.15. The topological polar surface area (TPSA) is 63.4 Å².